The van der Waals surface area contributed by atoms with Gasteiger partial charge in [0.1, 0.15) is 5.82 Å². The van der Waals surface area contributed by atoms with E-state index in [0.29, 0.717) is 5.95 Å². The first kappa shape index (κ1) is 13.3. The fourth-order valence-corrected chi connectivity index (χ4v) is 3.50. The Bertz CT molecular complexity index is 838. The van der Waals surface area contributed by atoms with E-state index in [0.717, 1.165) is 39.4 Å². The van der Waals surface area contributed by atoms with Crippen molar-refractivity contribution in [1.82, 2.24) is 9.97 Å². The lowest BCUT2D eigenvalue weighted by atomic mass is 10.1. The number of aromatic nitrogens is 2. The monoisotopic (exact) mass is 312 g/mol. The van der Waals surface area contributed by atoms with Gasteiger partial charge >= 0.3 is 0 Å². The highest BCUT2D eigenvalue weighted by molar-refractivity contribution is 7.99. The van der Waals surface area contributed by atoms with Gasteiger partial charge in [0.2, 0.25) is 5.95 Å². The number of hydrogen-bond acceptors (Lipinski definition) is 4. The fraction of sp³-hybridized carbons (Fsp3) is 0.125. The summed E-state index contributed by atoms with van der Waals surface area (Å²) in [4.78, 5) is 8.65. The number of hydrazone groups is 1. The van der Waals surface area contributed by atoms with Crippen molar-refractivity contribution in [2.45, 2.75) is 11.3 Å². The molecule has 2 aromatic carbocycles. The van der Waals surface area contributed by atoms with Crippen LogP contribution in [0.5, 0.6) is 0 Å². The summed E-state index contributed by atoms with van der Waals surface area (Å²) in [6, 6.07) is 12.6. The maximum absolute atomic E-state index is 13.5. The Balaban J connectivity index is 1.65. The van der Waals surface area contributed by atoms with Gasteiger partial charge in [0.05, 0.1) is 16.7 Å². The molecule has 6 heteroatoms. The summed E-state index contributed by atoms with van der Waals surface area (Å²) in [5, 5.41) is 4.42. The number of rotatable bonds is 2. The minimum absolute atomic E-state index is 0.238. The van der Waals surface area contributed by atoms with Crippen molar-refractivity contribution in [3.63, 3.8) is 0 Å². The van der Waals surface area contributed by atoms with Gasteiger partial charge in [-0.05, 0) is 30.3 Å². The van der Waals surface area contributed by atoms with Crippen LogP contribution in [0.3, 0.4) is 0 Å². The minimum Gasteiger partial charge on any atom is -0.323 e. The SMILES string of the molecule is Fc1ccc2c(c1)/C(=N\Nc1nc3ccccc3[nH]1)CCS2. The maximum Gasteiger partial charge on any atom is 0.222 e. The Morgan fingerprint density at radius 2 is 2.14 bits per heavy atom. The lowest BCUT2D eigenvalue weighted by Gasteiger charge is -2.17. The Kier molecular flexibility index (Phi) is 3.31. The summed E-state index contributed by atoms with van der Waals surface area (Å²) < 4.78 is 13.5. The largest absolute Gasteiger partial charge is 0.323 e. The van der Waals surface area contributed by atoms with Crippen molar-refractivity contribution in [2.24, 2.45) is 5.10 Å². The van der Waals surface area contributed by atoms with Gasteiger partial charge in [-0.1, -0.05) is 12.1 Å². The molecule has 0 radical (unpaired) electrons. The first-order chi connectivity index (χ1) is 10.8. The molecule has 22 heavy (non-hydrogen) atoms. The van der Waals surface area contributed by atoms with Gasteiger partial charge in [0.25, 0.3) is 0 Å². The molecule has 1 aromatic heterocycles. The zero-order valence-corrected chi connectivity index (χ0v) is 12.5. The molecule has 0 amide bonds. The number of anilines is 1. The average Bonchev–Trinajstić information content (AvgIpc) is 2.95. The molecule has 1 aliphatic rings. The molecule has 0 atom stereocenters. The van der Waals surface area contributed by atoms with E-state index in [1.165, 1.54) is 6.07 Å². The highest BCUT2D eigenvalue weighted by atomic mass is 32.2. The van der Waals surface area contributed by atoms with E-state index >= 15 is 0 Å². The third-order valence-corrected chi connectivity index (χ3v) is 4.61. The second-order valence-corrected chi connectivity index (χ2v) is 6.15. The molecule has 2 heterocycles. The molecule has 0 spiro atoms. The molecule has 0 saturated heterocycles. The first-order valence-electron chi connectivity index (χ1n) is 7.00. The Labute approximate surface area is 130 Å². The van der Waals surface area contributed by atoms with E-state index in [1.807, 2.05) is 30.3 Å². The van der Waals surface area contributed by atoms with E-state index in [4.69, 9.17) is 0 Å². The lowest BCUT2D eigenvalue weighted by Crippen LogP contribution is -2.12. The summed E-state index contributed by atoms with van der Waals surface area (Å²) in [5.41, 5.74) is 6.51. The molecule has 0 fully saturated rings. The van der Waals surface area contributed by atoms with Gasteiger partial charge in [-0.2, -0.15) is 5.10 Å². The molecule has 0 unspecified atom stereocenters. The molecular formula is C16H13FN4S. The number of halogens is 1. The van der Waals surface area contributed by atoms with Crippen molar-refractivity contribution in [3.8, 4) is 0 Å². The number of nitrogens with zero attached hydrogens (tertiary/aromatic N) is 2. The van der Waals surface area contributed by atoms with Crippen LogP contribution < -0.4 is 5.43 Å². The third-order valence-electron chi connectivity index (χ3n) is 3.54. The summed E-state index contributed by atoms with van der Waals surface area (Å²) in [6.45, 7) is 0. The summed E-state index contributed by atoms with van der Waals surface area (Å²) >= 11 is 1.73. The number of H-pyrrole nitrogens is 1. The van der Waals surface area contributed by atoms with Crippen molar-refractivity contribution in [3.05, 3.63) is 53.8 Å². The number of benzene rings is 2. The summed E-state index contributed by atoms with van der Waals surface area (Å²) in [5.74, 6) is 1.29. The summed E-state index contributed by atoms with van der Waals surface area (Å²) in [7, 11) is 0. The van der Waals surface area contributed by atoms with Gasteiger partial charge in [0, 0.05) is 22.6 Å². The molecule has 4 rings (SSSR count). The molecule has 0 aliphatic carbocycles. The van der Waals surface area contributed by atoms with Gasteiger partial charge in [-0.25, -0.2) is 14.8 Å². The van der Waals surface area contributed by atoms with E-state index < -0.39 is 0 Å². The zero-order chi connectivity index (χ0) is 14.9. The molecule has 110 valence electrons. The smallest absolute Gasteiger partial charge is 0.222 e. The number of fused-ring (bicyclic) bond motifs is 2. The predicted molar refractivity (Wildman–Crippen MR) is 88.0 cm³/mol. The number of nitrogens with one attached hydrogen (secondary N) is 2. The van der Waals surface area contributed by atoms with Crippen LogP contribution in [0, 0.1) is 5.82 Å². The molecule has 1 aliphatic heterocycles. The van der Waals surface area contributed by atoms with Crippen LogP contribution >= 0.6 is 11.8 Å². The van der Waals surface area contributed by atoms with Crippen molar-refractivity contribution < 1.29 is 4.39 Å². The van der Waals surface area contributed by atoms with Gasteiger partial charge in [0.15, 0.2) is 0 Å². The van der Waals surface area contributed by atoms with Crippen molar-refractivity contribution in [2.75, 3.05) is 11.2 Å². The van der Waals surface area contributed by atoms with Crippen molar-refractivity contribution in [1.29, 1.82) is 0 Å². The predicted octanol–water partition coefficient (Wildman–Crippen LogP) is 4.01. The normalized spacial score (nSPS) is 16.0. The second-order valence-electron chi connectivity index (χ2n) is 5.01. The van der Waals surface area contributed by atoms with Crippen LogP contribution in [-0.4, -0.2) is 21.4 Å². The highest BCUT2D eigenvalue weighted by Crippen LogP contribution is 2.30. The molecule has 0 bridgehead atoms. The Hall–Kier alpha value is -2.34. The number of para-hydroxylation sites is 2. The van der Waals surface area contributed by atoms with Crippen LogP contribution in [0.4, 0.5) is 10.3 Å². The van der Waals surface area contributed by atoms with E-state index in [-0.39, 0.29) is 5.82 Å². The Morgan fingerprint density at radius 3 is 3.05 bits per heavy atom. The Morgan fingerprint density at radius 1 is 1.23 bits per heavy atom. The number of thioether (sulfide) groups is 1. The van der Waals surface area contributed by atoms with Crippen LogP contribution in [-0.2, 0) is 0 Å². The van der Waals surface area contributed by atoms with Crippen LogP contribution in [0.25, 0.3) is 11.0 Å². The van der Waals surface area contributed by atoms with Crippen LogP contribution in [0.1, 0.15) is 12.0 Å². The van der Waals surface area contributed by atoms with E-state index in [9.17, 15) is 4.39 Å². The van der Waals surface area contributed by atoms with E-state index in [1.54, 1.807) is 17.8 Å². The number of imidazole rings is 1. The van der Waals surface area contributed by atoms with Crippen LogP contribution in [0.15, 0.2) is 52.5 Å². The third kappa shape index (κ3) is 2.46. The molecule has 4 nitrogen and oxygen atoms in total. The van der Waals surface area contributed by atoms with Gasteiger partial charge in [-0.15, -0.1) is 11.8 Å². The second kappa shape index (κ2) is 5.46. The topological polar surface area (TPSA) is 53.1 Å². The standard InChI is InChI=1S/C16H13FN4S/c17-10-5-6-15-11(9-10)12(7-8-22-15)20-21-16-18-13-3-1-2-4-14(13)19-16/h1-6,9H,7-8H2,(H2,18,19,21)/b20-12-. The molecule has 3 aromatic rings. The summed E-state index contributed by atoms with van der Waals surface area (Å²) in [6.07, 6.45) is 0.800. The number of aromatic amines is 1. The minimum atomic E-state index is -0.238. The fourth-order valence-electron chi connectivity index (χ4n) is 2.49. The van der Waals surface area contributed by atoms with Crippen LogP contribution in [0.2, 0.25) is 0 Å². The molecule has 0 saturated carbocycles. The van der Waals surface area contributed by atoms with Crippen molar-refractivity contribution >= 4 is 34.5 Å². The van der Waals surface area contributed by atoms with Gasteiger partial charge < -0.3 is 4.98 Å². The van der Waals surface area contributed by atoms with Gasteiger partial charge in [-0.3, -0.25) is 0 Å². The lowest BCUT2D eigenvalue weighted by molar-refractivity contribution is 0.626. The maximum atomic E-state index is 13.5. The zero-order valence-electron chi connectivity index (χ0n) is 11.6. The van der Waals surface area contributed by atoms with E-state index in [2.05, 4.69) is 20.5 Å². The highest BCUT2D eigenvalue weighted by Gasteiger charge is 2.17. The first-order valence-corrected chi connectivity index (χ1v) is 7.98. The molecular weight excluding hydrogens is 299 g/mol. The number of hydrogen-bond donors (Lipinski definition) is 2. The average molecular weight is 312 g/mol. The molecule has 2 N–H and O–H groups in total. The quantitative estimate of drug-likeness (QED) is 0.703.